The number of halogens is 2. The van der Waals surface area contributed by atoms with Crippen LogP contribution in [0.2, 0.25) is 0 Å². The maximum absolute atomic E-state index is 14.0. The van der Waals surface area contributed by atoms with E-state index in [1.807, 2.05) is 30.3 Å². The molecule has 0 spiro atoms. The maximum atomic E-state index is 14.0. The molecule has 0 bridgehead atoms. The summed E-state index contributed by atoms with van der Waals surface area (Å²) in [6.07, 6.45) is 0. The van der Waals surface area contributed by atoms with Crippen LogP contribution < -0.4 is 10.9 Å². The molecule has 5 rings (SSSR count). The molecule has 31 heavy (non-hydrogen) atoms. The first-order chi connectivity index (χ1) is 15.0. The first-order valence-corrected chi connectivity index (χ1v) is 10.1. The highest BCUT2D eigenvalue weighted by atomic mass is 32.1. The van der Waals surface area contributed by atoms with Crippen molar-refractivity contribution in [2.45, 2.75) is 0 Å². The van der Waals surface area contributed by atoms with Crippen LogP contribution in [0.4, 0.5) is 13.9 Å². The Morgan fingerprint density at radius 3 is 2.68 bits per heavy atom. The molecule has 2 aromatic heterocycles. The van der Waals surface area contributed by atoms with Gasteiger partial charge < -0.3 is 4.42 Å². The van der Waals surface area contributed by atoms with Gasteiger partial charge >= 0.3 is 5.63 Å². The SMILES string of the molecule is O=C(Nc1nc(-c2ccc(F)cc2F)cs1)c1cc2c(ccc3ccccc32)oc1=O. The van der Waals surface area contributed by atoms with Gasteiger partial charge in [0.15, 0.2) is 5.13 Å². The third-order valence-corrected chi connectivity index (χ3v) is 5.58. The second-order valence-electron chi connectivity index (χ2n) is 6.76. The molecular formula is C23H12F2N2O3S. The summed E-state index contributed by atoms with van der Waals surface area (Å²) in [5.41, 5.74) is -0.219. The lowest BCUT2D eigenvalue weighted by Crippen LogP contribution is -2.20. The number of carbonyl (C=O) groups is 1. The number of fused-ring (bicyclic) bond motifs is 3. The standard InChI is InChI=1S/C23H12F2N2O3S/c24-13-6-7-15(18(25)9-13)19-11-31-23(26-19)27-21(28)17-10-16-14-4-2-1-3-12(14)5-8-20(16)30-22(17)29/h1-11H,(H,26,27,28). The molecule has 0 saturated carbocycles. The van der Waals surface area contributed by atoms with E-state index in [0.29, 0.717) is 11.0 Å². The highest BCUT2D eigenvalue weighted by Gasteiger charge is 2.17. The quantitative estimate of drug-likeness (QED) is 0.296. The van der Waals surface area contributed by atoms with Gasteiger partial charge in [-0.1, -0.05) is 30.3 Å². The van der Waals surface area contributed by atoms with E-state index < -0.39 is 23.2 Å². The molecule has 0 fully saturated rings. The van der Waals surface area contributed by atoms with Crippen LogP contribution in [-0.4, -0.2) is 10.9 Å². The van der Waals surface area contributed by atoms with Crippen molar-refractivity contribution in [2.24, 2.45) is 0 Å². The molecule has 0 aliphatic heterocycles. The number of nitrogens with one attached hydrogen (secondary N) is 1. The van der Waals surface area contributed by atoms with E-state index in [-0.39, 0.29) is 22.0 Å². The zero-order valence-electron chi connectivity index (χ0n) is 15.7. The molecule has 0 aliphatic carbocycles. The van der Waals surface area contributed by atoms with Crippen molar-refractivity contribution in [1.82, 2.24) is 4.98 Å². The zero-order chi connectivity index (χ0) is 21.5. The predicted octanol–water partition coefficient (Wildman–Crippen LogP) is 5.60. The molecule has 152 valence electrons. The van der Waals surface area contributed by atoms with Gasteiger partial charge in [-0.25, -0.2) is 18.6 Å². The highest BCUT2D eigenvalue weighted by Crippen LogP contribution is 2.28. The number of nitrogens with zero attached hydrogens (tertiary/aromatic N) is 1. The van der Waals surface area contributed by atoms with Gasteiger partial charge in [0.25, 0.3) is 5.91 Å². The van der Waals surface area contributed by atoms with Gasteiger partial charge in [-0.15, -0.1) is 11.3 Å². The summed E-state index contributed by atoms with van der Waals surface area (Å²) in [5.74, 6) is -2.14. The fourth-order valence-corrected chi connectivity index (χ4v) is 4.05. The molecule has 0 saturated heterocycles. The molecule has 0 atom stereocenters. The predicted molar refractivity (Wildman–Crippen MR) is 115 cm³/mol. The summed E-state index contributed by atoms with van der Waals surface area (Å²) >= 11 is 1.06. The monoisotopic (exact) mass is 434 g/mol. The molecule has 1 amide bonds. The Balaban J connectivity index is 1.49. The number of hydrogen-bond acceptors (Lipinski definition) is 5. The third-order valence-electron chi connectivity index (χ3n) is 4.82. The van der Waals surface area contributed by atoms with Gasteiger partial charge in [0.1, 0.15) is 22.8 Å². The minimum atomic E-state index is -0.776. The minimum absolute atomic E-state index is 0.106. The molecule has 8 heteroatoms. The van der Waals surface area contributed by atoms with E-state index in [9.17, 15) is 18.4 Å². The van der Waals surface area contributed by atoms with Crippen LogP contribution >= 0.6 is 11.3 Å². The van der Waals surface area contributed by atoms with Crippen LogP contribution in [0.5, 0.6) is 0 Å². The van der Waals surface area contributed by atoms with Crippen LogP contribution in [0.25, 0.3) is 33.0 Å². The fourth-order valence-electron chi connectivity index (χ4n) is 3.35. The van der Waals surface area contributed by atoms with E-state index in [4.69, 9.17) is 4.42 Å². The van der Waals surface area contributed by atoms with Crippen molar-refractivity contribution >= 4 is 44.1 Å². The number of amides is 1. The largest absolute Gasteiger partial charge is 0.422 e. The van der Waals surface area contributed by atoms with Crippen molar-refractivity contribution in [2.75, 3.05) is 5.32 Å². The lowest BCUT2D eigenvalue weighted by atomic mass is 10.0. The summed E-state index contributed by atoms with van der Waals surface area (Å²) in [5, 5.41) is 6.67. The van der Waals surface area contributed by atoms with Crippen LogP contribution in [-0.2, 0) is 0 Å². The summed E-state index contributed by atoms with van der Waals surface area (Å²) in [4.78, 5) is 29.3. The average Bonchev–Trinajstić information content (AvgIpc) is 3.21. The maximum Gasteiger partial charge on any atom is 0.349 e. The number of thiazole rings is 1. The number of aromatic nitrogens is 1. The van der Waals surface area contributed by atoms with Crippen molar-refractivity contribution in [3.63, 3.8) is 0 Å². The minimum Gasteiger partial charge on any atom is -0.422 e. The van der Waals surface area contributed by atoms with E-state index >= 15 is 0 Å². The van der Waals surface area contributed by atoms with Crippen molar-refractivity contribution in [3.8, 4) is 11.3 Å². The Bertz CT molecular complexity index is 1540. The van der Waals surface area contributed by atoms with Crippen molar-refractivity contribution in [3.05, 3.63) is 93.7 Å². The van der Waals surface area contributed by atoms with Gasteiger partial charge in [-0.3, -0.25) is 10.1 Å². The summed E-state index contributed by atoms with van der Waals surface area (Å²) < 4.78 is 32.4. The Labute approximate surface area is 177 Å². The number of benzene rings is 3. The molecular weight excluding hydrogens is 422 g/mol. The smallest absolute Gasteiger partial charge is 0.349 e. The lowest BCUT2D eigenvalue weighted by Gasteiger charge is -2.05. The first kappa shape index (κ1) is 19.1. The first-order valence-electron chi connectivity index (χ1n) is 9.17. The molecule has 5 nitrogen and oxygen atoms in total. The molecule has 3 aromatic carbocycles. The van der Waals surface area contributed by atoms with Crippen LogP contribution in [0.3, 0.4) is 0 Å². The van der Waals surface area contributed by atoms with Gasteiger partial charge in [0.05, 0.1) is 5.69 Å². The van der Waals surface area contributed by atoms with E-state index in [0.717, 1.165) is 34.2 Å². The number of rotatable bonds is 3. The second kappa shape index (κ2) is 7.41. The topological polar surface area (TPSA) is 72.2 Å². The fraction of sp³-hybridized carbons (Fsp3) is 0. The van der Waals surface area contributed by atoms with Crippen molar-refractivity contribution in [1.29, 1.82) is 0 Å². The third kappa shape index (κ3) is 3.47. The Hall–Kier alpha value is -3.91. The Morgan fingerprint density at radius 2 is 1.84 bits per heavy atom. The summed E-state index contributed by atoms with van der Waals surface area (Å²) in [6.45, 7) is 0. The summed E-state index contributed by atoms with van der Waals surface area (Å²) in [6, 6.07) is 15.7. The van der Waals surface area contributed by atoms with Crippen LogP contribution in [0.1, 0.15) is 10.4 Å². The number of carbonyl (C=O) groups excluding carboxylic acids is 1. The van der Waals surface area contributed by atoms with Gasteiger partial charge in [-0.2, -0.15) is 0 Å². The molecule has 1 N–H and O–H groups in total. The molecule has 2 heterocycles. The lowest BCUT2D eigenvalue weighted by molar-refractivity contribution is 0.102. The number of hydrogen-bond donors (Lipinski definition) is 1. The molecule has 5 aromatic rings. The highest BCUT2D eigenvalue weighted by molar-refractivity contribution is 7.14. The Morgan fingerprint density at radius 1 is 1.00 bits per heavy atom. The van der Waals surface area contributed by atoms with Crippen LogP contribution in [0.15, 0.2) is 75.3 Å². The van der Waals surface area contributed by atoms with E-state index in [1.165, 1.54) is 17.5 Å². The Kier molecular flexibility index (Phi) is 4.56. The molecule has 0 aliphatic rings. The zero-order valence-corrected chi connectivity index (χ0v) is 16.5. The van der Waals surface area contributed by atoms with Gasteiger partial charge in [-0.05, 0) is 35.0 Å². The van der Waals surface area contributed by atoms with Gasteiger partial charge in [0.2, 0.25) is 0 Å². The molecule has 0 radical (unpaired) electrons. The van der Waals surface area contributed by atoms with E-state index in [2.05, 4.69) is 10.3 Å². The van der Waals surface area contributed by atoms with Crippen LogP contribution in [0, 0.1) is 11.6 Å². The average molecular weight is 434 g/mol. The molecule has 0 unspecified atom stereocenters. The van der Waals surface area contributed by atoms with E-state index in [1.54, 1.807) is 6.07 Å². The van der Waals surface area contributed by atoms with Gasteiger partial charge in [0, 0.05) is 22.4 Å². The summed E-state index contributed by atoms with van der Waals surface area (Å²) in [7, 11) is 0. The number of anilines is 1. The second-order valence-corrected chi connectivity index (χ2v) is 7.62. The normalized spacial score (nSPS) is 11.2. The van der Waals surface area contributed by atoms with Crippen molar-refractivity contribution < 1.29 is 18.0 Å².